The second-order valence-electron chi connectivity index (χ2n) is 8.39. The number of benzene rings is 1. The minimum atomic E-state index is -0.311. The summed E-state index contributed by atoms with van der Waals surface area (Å²) in [5.74, 6) is 2.22. The highest BCUT2D eigenvalue weighted by molar-refractivity contribution is 7.17. The van der Waals surface area contributed by atoms with E-state index >= 15 is 0 Å². The lowest BCUT2D eigenvalue weighted by Crippen LogP contribution is -2.36. The number of fused-ring (bicyclic) bond motifs is 1. The second kappa shape index (κ2) is 12.6. The number of nitrogens with zero attached hydrogens (tertiary/aromatic N) is 3. The van der Waals surface area contributed by atoms with Gasteiger partial charge in [0.05, 0.1) is 30.0 Å². The van der Waals surface area contributed by atoms with Crippen LogP contribution in [0.25, 0.3) is 21.6 Å². The van der Waals surface area contributed by atoms with E-state index in [0.717, 1.165) is 92.2 Å². The number of aromatic nitrogens is 2. The van der Waals surface area contributed by atoms with Crippen LogP contribution in [-0.2, 0) is 9.53 Å². The van der Waals surface area contributed by atoms with Crippen molar-refractivity contribution in [2.75, 3.05) is 37.8 Å². The van der Waals surface area contributed by atoms with Gasteiger partial charge in [-0.3, -0.25) is 10.0 Å². The summed E-state index contributed by atoms with van der Waals surface area (Å²) in [4.78, 5) is 23.0. The van der Waals surface area contributed by atoms with Gasteiger partial charge in [0.2, 0.25) is 5.91 Å². The summed E-state index contributed by atoms with van der Waals surface area (Å²) >= 11 is 1.68. The van der Waals surface area contributed by atoms with Crippen molar-refractivity contribution in [1.29, 1.82) is 0 Å². The monoisotopic (exact) mass is 484 g/mol. The van der Waals surface area contributed by atoms with Gasteiger partial charge in [0.15, 0.2) is 11.6 Å². The van der Waals surface area contributed by atoms with Gasteiger partial charge in [-0.05, 0) is 36.4 Å². The predicted octanol–water partition coefficient (Wildman–Crippen LogP) is 4.81. The molecule has 1 amide bonds. The molecule has 0 unspecified atom stereocenters. The Balaban J connectivity index is 1.30. The average molecular weight is 485 g/mol. The average Bonchev–Trinajstić information content (AvgIpc) is 3.36. The summed E-state index contributed by atoms with van der Waals surface area (Å²) in [5.41, 5.74) is 3.59. The van der Waals surface area contributed by atoms with E-state index in [4.69, 9.17) is 24.6 Å². The molecule has 0 radical (unpaired) electrons. The van der Waals surface area contributed by atoms with Crippen LogP contribution in [0.5, 0.6) is 5.75 Å². The minimum Gasteiger partial charge on any atom is -0.494 e. The third-order valence-corrected chi connectivity index (χ3v) is 6.78. The number of thiophene rings is 1. The standard InChI is InChI=1S/C25H32N4O4S/c30-22(28-31)10-5-3-1-2-4-6-14-33-20-9-7-8-19(18-20)24-26-21-11-17-34-23(21)25(27-24)29-12-15-32-16-13-29/h7-9,11,17-18,31H,1-6,10,12-16H2,(H,28,30). The van der Waals surface area contributed by atoms with Crippen LogP contribution in [0.3, 0.4) is 0 Å². The normalized spacial score (nSPS) is 13.9. The molecule has 8 nitrogen and oxygen atoms in total. The van der Waals surface area contributed by atoms with Crippen LogP contribution >= 0.6 is 11.3 Å². The van der Waals surface area contributed by atoms with Crippen molar-refractivity contribution in [2.24, 2.45) is 0 Å². The highest BCUT2D eigenvalue weighted by Gasteiger charge is 2.19. The fraction of sp³-hybridized carbons (Fsp3) is 0.480. The Morgan fingerprint density at radius 2 is 1.88 bits per heavy atom. The van der Waals surface area contributed by atoms with E-state index in [1.807, 2.05) is 24.3 Å². The first-order valence-corrected chi connectivity index (χ1v) is 12.9. The number of amides is 1. The van der Waals surface area contributed by atoms with Gasteiger partial charge in [-0.2, -0.15) is 0 Å². The Hall–Kier alpha value is -2.75. The SMILES string of the molecule is O=C(CCCCCCCCOc1cccc(-c2nc(N3CCOCC3)c3sccc3n2)c1)NO. The molecule has 1 fully saturated rings. The Morgan fingerprint density at radius 3 is 2.71 bits per heavy atom. The largest absolute Gasteiger partial charge is 0.494 e. The zero-order valence-electron chi connectivity index (χ0n) is 19.4. The van der Waals surface area contributed by atoms with Gasteiger partial charge in [-0.1, -0.05) is 37.8 Å². The molecule has 9 heteroatoms. The second-order valence-corrected chi connectivity index (χ2v) is 9.30. The fourth-order valence-corrected chi connectivity index (χ4v) is 4.88. The third-order valence-electron chi connectivity index (χ3n) is 5.88. The van der Waals surface area contributed by atoms with E-state index in [-0.39, 0.29) is 5.91 Å². The molecule has 2 aromatic heterocycles. The number of hydrogen-bond donors (Lipinski definition) is 2. The summed E-state index contributed by atoms with van der Waals surface area (Å²) in [6, 6.07) is 10.1. The van der Waals surface area contributed by atoms with Gasteiger partial charge in [0, 0.05) is 25.1 Å². The first kappa shape index (κ1) is 24.4. The number of unbranched alkanes of at least 4 members (excludes halogenated alkanes) is 5. The van der Waals surface area contributed by atoms with Crippen molar-refractivity contribution in [2.45, 2.75) is 44.9 Å². The van der Waals surface area contributed by atoms with E-state index in [2.05, 4.69) is 16.3 Å². The van der Waals surface area contributed by atoms with Crippen molar-refractivity contribution < 1.29 is 19.5 Å². The Morgan fingerprint density at radius 1 is 1.09 bits per heavy atom. The summed E-state index contributed by atoms with van der Waals surface area (Å²) < 4.78 is 12.6. The molecule has 1 saturated heterocycles. The molecule has 1 aliphatic rings. The lowest BCUT2D eigenvalue weighted by Gasteiger charge is -2.28. The van der Waals surface area contributed by atoms with Gasteiger partial charge in [0.1, 0.15) is 5.75 Å². The molecule has 182 valence electrons. The summed E-state index contributed by atoms with van der Waals surface area (Å²) in [7, 11) is 0. The van der Waals surface area contributed by atoms with Gasteiger partial charge >= 0.3 is 0 Å². The molecular weight excluding hydrogens is 452 g/mol. The molecule has 34 heavy (non-hydrogen) atoms. The number of hydrogen-bond acceptors (Lipinski definition) is 8. The molecule has 2 N–H and O–H groups in total. The predicted molar refractivity (Wildman–Crippen MR) is 134 cm³/mol. The van der Waals surface area contributed by atoms with E-state index in [9.17, 15) is 4.79 Å². The van der Waals surface area contributed by atoms with E-state index < -0.39 is 0 Å². The number of hydroxylamine groups is 1. The first-order chi connectivity index (χ1) is 16.7. The molecule has 3 heterocycles. The van der Waals surface area contributed by atoms with Crippen molar-refractivity contribution in [3.63, 3.8) is 0 Å². The number of rotatable bonds is 12. The van der Waals surface area contributed by atoms with Gasteiger partial charge in [-0.25, -0.2) is 15.4 Å². The molecule has 0 bridgehead atoms. The smallest absolute Gasteiger partial charge is 0.243 e. The quantitative estimate of drug-likeness (QED) is 0.216. The van der Waals surface area contributed by atoms with Crippen LogP contribution in [0.2, 0.25) is 0 Å². The molecule has 0 spiro atoms. The number of anilines is 1. The van der Waals surface area contributed by atoms with Gasteiger partial charge < -0.3 is 14.4 Å². The zero-order valence-corrected chi connectivity index (χ0v) is 20.2. The van der Waals surface area contributed by atoms with Crippen LogP contribution in [-0.4, -0.2) is 54.0 Å². The third kappa shape index (κ3) is 6.65. The Kier molecular flexibility index (Phi) is 9.06. The zero-order chi connectivity index (χ0) is 23.6. The maximum Gasteiger partial charge on any atom is 0.243 e. The van der Waals surface area contributed by atoms with Crippen molar-refractivity contribution >= 4 is 33.3 Å². The molecule has 1 aliphatic heterocycles. The van der Waals surface area contributed by atoms with Gasteiger partial charge in [0.25, 0.3) is 0 Å². The lowest BCUT2D eigenvalue weighted by molar-refractivity contribution is -0.129. The number of nitrogens with one attached hydrogen (secondary N) is 1. The number of carbonyl (C=O) groups excluding carboxylic acids is 1. The molecule has 0 aliphatic carbocycles. The molecule has 3 aromatic rings. The van der Waals surface area contributed by atoms with Crippen LogP contribution in [0.4, 0.5) is 5.82 Å². The molecule has 1 aromatic carbocycles. The highest BCUT2D eigenvalue weighted by Crippen LogP contribution is 2.32. The first-order valence-electron chi connectivity index (χ1n) is 12.0. The van der Waals surface area contributed by atoms with E-state index in [0.29, 0.717) is 18.9 Å². The summed E-state index contributed by atoms with van der Waals surface area (Å²) in [5, 5.41) is 10.6. The van der Waals surface area contributed by atoms with E-state index in [1.54, 1.807) is 16.8 Å². The Labute approximate surface area is 203 Å². The maximum atomic E-state index is 11.0. The van der Waals surface area contributed by atoms with E-state index in [1.165, 1.54) is 0 Å². The topological polar surface area (TPSA) is 96.8 Å². The molecule has 0 atom stereocenters. The number of ether oxygens (including phenoxy) is 2. The highest BCUT2D eigenvalue weighted by atomic mass is 32.1. The van der Waals surface area contributed by atoms with Crippen molar-refractivity contribution in [3.05, 3.63) is 35.7 Å². The molecular formula is C25H32N4O4S. The number of carbonyl (C=O) groups is 1. The number of morpholine rings is 1. The van der Waals surface area contributed by atoms with Crippen molar-refractivity contribution in [1.82, 2.24) is 15.4 Å². The van der Waals surface area contributed by atoms with Crippen molar-refractivity contribution in [3.8, 4) is 17.1 Å². The minimum absolute atomic E-state index is 0.311. The van der Waals surface area contributed by atoms with Crippen LogP contribution < -0.4 is 15.1 Å². The summed E-state index contributed by atoms with van der Waals surface area (Å²) in [6.45, 7) is 3.78. The maximum absolute atomic E-state index is 11.0. The van der Waals surface area contributed by atoms with Crippen LogP contribution in [0, 0.1) is 0 Å². The Bertz CT molecular complexity index is 1070. The lowest BCUT2D eigenvalue weighted by atomic mass is 10.1. The van der Waals surface area contributed by atoms with Crippen LogP contribution in [0.1, 0.15) is 44.9 Å². The fourth-order valence-electron chi connectivity index (χ4n) is 4.03. The van der Waals surface area contributed by atoms with Crippen LogP contribution in [0.15, 0.2) is 35.7 Å². The summed E-state index contributed by atoms with van der Waals surface area (Å²) in [6.07, 6.45) is 6.46. The molecule has 0 saturated carbocycles. The van der Waals surface area contributed by atoms with Gasteiger partial charge in [-0.15, -0.1) is 11.3 Å². The molecule has 4 rings (SSSR count).